The molecule has 7 nitrogen and oxygen atoms in total. The third-order valence-corrected chi connectivity index (χ3v) is 5.91. The fourth-order valence-corrected chi connectivity index (χ4v) is 4.14. The van der Waals surface area contributed by atoms with Gasteiger partial charge in [-0.05, 0) is 29.7 Å². The molecule has 2 amide bonds. The van der Waals surface area contributed by atoms with Crippen LogP contribution in [0, 0.1) is 5.92 Å². The lowest BCUT2D eigenvalue weighted by molar-refractivity contribution is -0.132. The Morgan fingerprint density at radius 3 is 2.62 bits per heavy atom. The summed E-state index contributed by atoms with van der Waals surface area (Å²) in [4.78, 5) is 28.5. The Balaban J connectivity index is 0.00000240. The van der Waals surface area contributed by atoms with Crippen molar-refractivity contribution in [3.8, 4) is 0 Å². The molecule has 0 spiro atoms. The smallest absolute Gasteiger partial charge is 0.243 e. The van der Waals surface area contributed by atoms with E-state index >= 15 is 0 Å². The number of carbonyl (C=O) groups excluding carboxylic acids is 2. The van der Waals surface area contributed by atoms with Gasteiger partial charge in [0.15, 0.2) is 0 Å². The van der Waals surface area contributed by atoms with Crippen molar-refractivity contribution in [3.05, 3.63) is 29.3 Å². The number of nitrogens with zero attached hydrogens (tertiary/aromatic N) is 4. The van der Waals surface area contributed by atoms with Crippen LogP contribution >= 0.6 is 12.4 Å². The van der Waals surface area contributed by atoms with Gasteiger partial charge in [-0.15, -0.1) is 12.4 Å². The predicted octanol–water partition coefficient (Wildman–Crippen LogP) is 1.92. The van der Waals surface area contributed by atoms with Gasteiger partial charge >= 0.3 is 0 Å². The van der Waals surface area contributed by atoms with E-state index in [2.05, 4.69) is 17.9 Å². The highest BCUT2D eigenvalue weighted by Crippen LogP contribution is 2.30. The Bertz CT molecular complexity index is 807. The fraction of sp³-hybridized carbons (Fsp3) is 0.571. The molecule has 0 radical (unpaired) electrons. The normalized spacial score (nSPS) is 22.8. The largest absolute Gasteiger partial charge is 0.379 e. The van der Waals surface area contributed by atoms with Crippen LogP contribution in [0.4, 0.5) is 5.69 Å². The summed E-state index contributed by atoms with van der Waals surface area (Å²) in [6.07, 6.45) is 1.78. The molecule has 158 valence electrons. The van der Waals surface area contributed by atoms with Crippen molar-refractivity contribution in [2.75, 3.05) is 51.3 Å². The zero-order valence-corrected chi connectivity index (χ0v) is 17.9. The SMILES string of the molecule is CC1CC(=O)N(CCN2CCOCC2)N=C1c1ccc2c(c1)CCC(=O)N2C.Cl. The number of carbonyl (C=O) groups is 2. The highest BCUT2D eigenvalue weighted by atomic mass is 35.5. The molecule has 3 aliphatic heterocycles. The van der Waals surface area contributed by atoms with Crippen molar-refractivity contribution in [2.45, 2.75) is 26.2 Å². The zero-order valence-electron chi connectivity index (χ0n) is 17.1. The Labute approximate surface area is 178 Å². The lowest BCUT2D eigenvalue weighted by atomic mass is 9.90. The van der Waals surface area contributed by atoms with Crippen LogP contribution in [0.2, 0.25) is 0 Å². The Morgan fingerprint density at radius 2 is 1.86 bits per heavy atom. The standard InChI is InChI=1S/C21H28N4O3.ClH/c1-15-13-20(27)25(8-7-24-9-11-28-12-10-24)22-21(15)17-3-5-18-16(14-17)4-6-19(26)23(18)2;/h3,5,14-15H,4,6-13H2,1-2H3;1H. The number of morpholine rings is 1. The molecule has 8 heteroatoms. The molecule has 3 aliphatic rings. The molecule has 0 bridgehead atoms. The highest BCUT2D eigenvalue weighted by molar-refractivity contribution is 6.06. The maximum Gasteiger partial charge on any atom is 0.243 e. The molecule has 3 heterocycles. The lowest BCUT2D eigenvalue weighted by Gasteiger charge is -2.32. The first kappa shape index (κ1) is 21.7. The monoisotopic (exact) mass is 420 g/mol. The molecule has 1 aromatic carbocycles. The minimum atomic E-state index is 0. The number of benzene rings is 1. The average Bonchev–Trinajstić information content (AvgIpc) is 2.71. The summed E-state index contributed by atoms with van der Waals surface area (Å²) in [7, 11) is 1.83. The number of hydrogen-bond acceptors (Lipinski definition) is 5. The van der Waals surface area contributed by atoms with Gasteiger partial charge in [0, 0.05) is 51.1 Å². The fourth-order valence-electron chi connectivity index (χ4n) is 4.14. The minimum absolute atomic E-state index is 0. The van der Waals surface area contributed by atoms with Gasteiger partial charge in [-0.1, -0.05) is 13.0 Å². The molecular formula is C21H29ClN4O3. The van der Waals surface area contributed by atoms with Crippen LogP contribution in [0.5, 0.6) is 0 Å². The second-order valence-corrected chi connectivity index (χ2v) is 7.86. The topological polar surface area (TPSA) is 65.5 Å². The molecule has 0 saturated carbocycles. The number of aryl methyl sites for hydroxylation is 1. The first-order chi connectivity index (χ1) is 13.5. The number of rotatable bonds is 4. The minimum Gasteiger partial charge on any atom is -0.379 e. The number of fused-ring (bicyclic) bond motifs is 1. The molecule has 1 unspecified atom stereocenters. The molecule has 0 N–H and O–H groups in total. The van der Waals surface area contributed by atoms with E-state index < -0.39 is 0 Å². The summed E-state index contributed by atoms with van der Waals surface area (Å²) >= 11 is 0. The van der Waals surface area contributed by atoms with E-state index in [1.54, 1.807) is 9.91 Å². The maximum atomic E-state index is 12.5. The van der Waals surface area contributed by atoms with Crippen LogP contribution in [0.1, 0.15) is 30.9 Å². The number of ether oxygens (including phenoxy) is 1. The first-order valence-corrected chi connectivity index (χ1v) is 10.1. The van der Waals surface area contributed by atoms with Gasteiger partial charge < -0.3 is 9.64 Å². The first-order valence-electron chi connectivity index (χ1n) is 10.1. The van der Waals surface area contributed by atoms with E-state index in [1.807, 2.05) is 19.2 Å². The van der Waals surface area contributed by atoms with E-state index in [4.69, 9.17) is 9.84 Å². The summed E-state index contributed by atoms with van der Waals surface area (Å²) in [5.74, 6) is 0.337. The van der Waals surface area contributed by atoms with Crippen molar-refractivity contribution >= 4 is 35.6 Å². The Morgan fingerprint density at radius 1 is 1.10 bits per heavy atom. The number of halogens is 1. The van der Waals surface area contributed by atoms with Crippen molar-refractivity contribution in [1.29, 1.82) is 0 Å². The number of amides is 2. The van der Waals surface area contributed by atoms with Crippen LogP contribution in [-0.4, -0.2) is 73.9 Å². The van der Waals surface area contributed by atoms with E-state index in [9.17, 15) is 9.59 Å². The third kappa shape index (κ3) is 4.63. The van der Waals surface area contributed by atoms with E-state index in [-0.39, 0.29) is 30.1 Å². The number of anilines is 1. The summed E-state index contributed by atoms with van der Waals surface area (Å²) in [5, 5.41) is 6.38. The van der Waals surface area contributed by atoms with Gasteiger partial charge in [0.05, 0.1) is 25.5 Å². The molecule has 29 heavy (non-hydrogen) atoms. The molecule has 0 aromatic heterocycles. The van der Waals surface area contributed by atoms with Gasteiger partial charge in [-0.2, -0.15) is 5.10 Å². The Hall–Kier alpha value is -1.96. The number of hydrazone groups is 1. The Kier molecular flexibility index (Phi) is 6.93. The van der Waals surface area contributed by atoms with Crippen LogP contribution < -0.4 is 4.90 Å². The van der Waals surface area contributed by atoms with Gasteiger partial charge in [0.1, 0.15) is 0 Å². The summed E-state index contributed by atoms with van der Waals surface area (Å²) in [6, 6.07) is 6.17. The molecule has 1 fully saturated rings. The van der Waals surface area contributed by atoms with Gasteiger partial charge in [-0.25, -0.2) is 5.01 Å². The van der Waals surface area contributed by atoms with Crippen molar-refractivity contribution in [3.63, 3.8) is 0 Å². The van der Waals surface area contributed by atoms with Gasteiger partial charge in [0.25, 0.3) is 0 Å². The van der Waals surface area contributed by atoms with Crippen molar-refractivity contribution in [2.24, 2.45) is 11.0 Å². The molecule has 1 aromatic rings. The summed E-state index contributed by atoms with van der Waals surface area (Å²) < 4.78 is 5.39. The van der Waals surface area contributed by atoms with E-state index in [0.717, 1.165) is 56.2 Å². The third-order valence-electron chi connectivity index (χ3n) is 5.91. The molecule has 1 saturated heterocycles. The van der Waals surface area contributed by atoms with Gasteiger partial charge in [0.2, 0.25) is 11.8 Å². The van der Waals surface area contributed by atoms with Gasteiger partial charge in [-0.3, -0.25) is 14.5 Å². The van der Waals surface area contributed by atoms with E-state index in [0.29, 0.717) is 19.4 Å². The zero-order chi connectivity index (χ0) is 19.7. The highest BCUT2D eigenvalue weighted by Gasteiger charge is 2.29. The maximum absolute atomic E-state index is 12.5. The lowest BCUT2D eigenvalue weighted by Crippen LogP contribution is -2.44. The summed E-state index contributed by atoms with van der Waals surface area (Å²) in [6.45, 7) is 6.81. The van der Waals surface area contributed by atoms with Crippen LogP contribution in [0.3, 0.4) is 0 Å². The molecular weight excluding hydrogens is 392 g/mol. The molecule has 4 rings (SSSR count). The van der Waals surface area contributed by atoms with Crippen molar-refractivity contribution < 1.29 is 14.3 Å². The molecule has 1 atom stereocenters. The quantitative estimate of drug-likeness (QED) is 0.746. The van der Waals surface area contributed by atoms with Crippen molar-refractivity contribution in [1.82, 2.24) is 9.91 Å². The second-order valence-electron chi connectivity index (χ2n) is 7.86. The van der Waals surface area contributed by atoms with E-state index in [1.165, 1.54) is 5.56 Å². The second kappa shape index (κ2) is 9.24. The predicted molar refractivity (Wildman–Crippen MR) is 115 cm³/mol. The van der Waals surface area contributed by atoms with Crippen LogP contribution in [-0.2, 0) is 20.7 Å². The molecule has 0 aliphatic carbocycles. The van der Waals surface area contributed by atoms with Crippen LogP contribution in [0.15, 0.2) is 23.3 Å². The summed E-state index contributed by atoms with van der Waals surface area (Å²) in [5.41, 5.74) is 4.16. The number of hydrogen-bond donors (Lipinski definition) is 0. The van der Waals surface area contributed by atoms with Crippen LogP contribution in [0.25, 0.3) is 0 Å². The average molecular weight is 421 g/mol.